The molecule has 0 aromatic rings. The van der Waals surface area contributed by atoms with Gasteiger partial charge in [0.15, 0.2) is 12.6 Å². The lowest BCUT2D eigenvalue weighted by atomic mass is 9.97. The lowest BCUT2D eigenvalue weighted by Gasteiger charge is -2.46. The second kappa shape index (κ2) is 42.5. The number of carbonyl (C=O) groups excluding carboxylic acids is 1. The number of allylic oxidation sites excluding steroid dienone is 13. The number of hydrogen-bond donors (Lipinski definition) is 9. The van der Waals surface area contributed by atoms with Gasteiger partial charge in [-0.25, -0.2) is 0 Å². The third-order valence-corrected chi connectivity index (χ3v) is 12.8. The van der Waals surface area contributed by atoms with E-state index in [9.17, 15) is 45.6 Å². The largest absolute Gasteiger partial charge is 0.394 e. The van der Waals surface area contributed by atoms with Crippen molar-refractivity contribution in [2.24, 2.45) is 0 Å². The van der Waals surface area contributed by atoms with Crippen LogP contribution < -0.4 is 5.32 Å². The molecule has 12 unspecified atom stereocenters. The van der Waals surface area contributed by atoms with Crippen LogP contribution in [0.4, 0.5) is 0 Å². The predicted octanol–water partition coefficient (Wildman–Crippen LogP) is 8.16. The fourth-order valence-electron chi connectivity index (χ4n) is 8.39. The van der Waals surface area contributed by atoms with Gasteiger partial charge in [-0.15, -0.1) is 0 Å². The van der Waals surface area contributed by atoms with E-state index in [0.29, 0.717) is 12.8 Å². The molecule has 0 bridgehead atoms. The Morgan fingerprint density at radius 3 is 1.55 bits per heavy atom. The summed E-state index contributed by atoms with van der Waals surface area (Å²) in [5.41, 5.74) is 0. The SMILES string of the molecule is CC/C=C\C/C=C\C/C=C\C/C=C\C/C=C\CCCCCC(=O)NC(COC1OC(CO)C(OC2OC(CO)C(O)C(O)C2O)C(O)C1O)C(O)/C=C/CC/C=C/CCCCCCCCCCCCCC. The van der Waals surface area contributed by atoms with E-state index in [1.165, 1.54) is 77.0 Å². The topological polar surface area (TPSA) is 228 Å². The summed E-state index contributed by atoms with van der Waals surface area (Å²) in [5, 5.41) is 86.9. The Balaban J connectivity index is 1.86. The Morgan fingerprint density at radius 2 is 0.986 bits per heavy atom. The van der Waals surface area contributed by atoms with Gasteiger partial charge in [-0.2, -0.15) is 0 Å². The highest BCUT2D eigenvalue weighted by Crippen LogP contribution is 2.30. The van der Waals surface area contributed by atoms with E-state index in [-0.39, 0.29) is 18.9 Å². The van der Waals surface area contributed by atoms with Crippen LogP contribution in [0.2, 0.25) is 0 Å². The van der Waals surface area contributed by atoms with Gasteiger partial charge in [0, 0.05) is 6.42 Å². The van der Waals surface area contributed by atoms with Gasteiger partial charge in [0.05, 0.1) is 32.0 Å². The summed E-state index contributed by atoms with van der Waals surface area (Å²) < 4.78 is 22.7. The van der Waals surface area contributed by atoms with Crippen molar-refractivity contribution in [2.75, 3.05) is 19.8 Å². The lowest BCUT2D eigenvalue weighted by Crippen LogP contribution is -2.65. The predicted molar refractivity (Wildman–Crippen MR) is 281 cm³/mol. The molecule has 2 aliphatic rings. The van der Waals surface area contributed by atoms with Crippen molar-refractivity contribution >= 4 is 5.91 Å². The zero-order valence-corrected chi connectivity index (χ0v) is 43.4. The van der Waals surface area contributed by atoms with Gasteiger partial charge in [-0.3, -0.25) is 4.79 Å². The third kappa shape index (κ3) is 29.0. The third-order valence-electron chi connectivity index (χ3n) is 12.8. The minimum atomic E-state index is -1.80. The van der Waals surface area contributed by atoms with Gasteiger partial charge >= 0.3 is 0 Å². The van der Waals surface area contributed by atoms with Gasteiger partial charge in [0.2, 0.25) is 5.91 Å². The molecule has 0 aromatic heterocycles. The first-order valence-corrected chi connectivity index (χ1v) is 27.3. The highest BCUT2D eigenvalue weighted by molar-refractivity contribution is 5.76. The normalized spacial score (nSPS) is 26.5. The summed E-state index contributed by atoms with van der Waals surface area (Å²) in [6.07, 6.45) is 39.0. The Hall–Kier alpha value is -2.83. The quantitative estimate of drug-likeness (QED) is 0.0208. The molecule has 9 N–H and O–H groups in total. The number of nitrogens with one attached hydrogen (secondary N) is 1. The minimum absolute atomic E-state index is 0.230. The summed E-state index contributed by atoms with van der Waals surface area (Å²) in [6.45, 7) is 2.62. The number of carbonyl (C=O) groups is 1. The summed E-state index contributed by atoms with van der Waals surface area (Å²) >= 11 is 0. The van der Waals surface area contributed by atoms with Crippen molar-refractivity contribution in [3.8, 4) is 0 Å². The van der Waals surface area contributed by atoms with E-state index >= 15 is 0 Å². The molecule has 2 aliphatic heterocycles. The Morgan fingerprint density at radius 1 is 0.521 bits per heavy atom. The van der Waals surface area contributed by atoms with Crippen molar-refractivity contribution in [3.63, 3.8) is 0 Å². The summed E-state index contributed by atoms with van der Waals surface area (Å²) in [6, 6.07) is -0.954. The number of hydrogen-bond acceptors (Lipinski definition) is 13. The molecule has 2 heterocycles. The monoisotopic (exact) mass is 1000 g/mol. The molecule has 1 amide bonds. The van der Waals surface area contributed by atoms with E-state index < -0.39 is 86.8 Å². The van der Waals surface area contributed by atoms with Crippen LogP contribution in [0.25, 0.3) is 0 Å². The molecule has 2 saturated heterocycles. The van der Waals surface area contributed by atoms with Crippen LogP contribution in [-0.4, -0.2) is 140 Å². The maximum absolute atomic E-state index is 13.2. The van der Waals surface area contributed by atoms with E-state index in [1.807, 2.05) is 6.08 Å². The standard InChI is InChI=1S/C57H97NO13/c1-3-5-7-9-11-13-15-17-19-21-23-25-27-29-31-33-35-37-39-41-49(62)58-45(46(61)40-38-36-34-32-30-28-26-24-22-20-18-16-14-12-10-8-6-4-2)44-68-56-54(67)52(65)55(48(43-60)70-56)71-57-53(66)51(64)50(63)47(42-59)69-57/h5,7,11,13,17,19,23,25,29-32,38,40,45-48,50-57,59-61,63-67H,3-4,6,8-10,12,14-16,18,20-22,24,26-28,33-37,39,41-44H2,1-2H3,(H,58,62)/b7-5-,13-11-,19-17-,25-23-,31-29-,32-30+,40-38+. The lowest BCUT2D eigenvalue weighted by molar-refractivity contribution is -0.359. The molecule has 0 saturated carbocycles. The van der Waals surface area contributed by atoms with Crippen LogP contribution in [0.3, 0.4) is 0 Å². The molecular formula is C57H97NO13. The average Bonchev–Trinajstić information content (AvgIpc) is 3.37. The molecule has 2 fully saturated rings. The fraction of sp³-hybridized carbons (Fsp3) is 0.737. The maximum atomic E-state index is 13.2. The first kappa shape index (κ1) is 64.3. The average molecular weight is 1000 g/mol. The first-order chi connectivity index (χ1) is 34.6. The van der Waals surface area contributed by atoms with Crippen LogP contribution in [-0.2, 0) is 23.7 Å². The smallest absolute Gasteiger partial charge is 0.220 e. The Bertz CT molecular complexity index is 1510. The van der Waals surface area contributed by atoms with E-state index in [2.05, 4.69) is 92.1 Å². The molecule has 0 aromatic carbocycles. The highest BCUT2D eigenvalue weighted by Gasteiger charge is 2.51. The summed E-state index contributed by atoms with van der Waals surface area (Å²) in [4.78, 5) is 13.2. The van der Waals surface area contributed by atoms with E-state index in [4.69, 9.17) is 18.9 Å². The highest BCUT2D eigenvalue weighted by atomic mass is 16.7. The molecule has 408 valence electrons. The molecule has 0 spiro atoms. The number of amides is 1. The molecule has 0 aliphatic carbocycles. The van der Waals surface area contributed by atoms with Crippen LogP contribution in [0.1, 0.15) is 174 Å². The van der Waals surface area contributed by atoms with Crippen molar-refractivity contribution in [1.29, 1.82) is 0 Å². The Labute approximate surface area is 427 Å². The number of ether oxygens (including phenoxy) is 4. The Kier molecular flexibility index (Phi) is 38.5. The fourth-order valence-corrected chi connectivity index (χ4v) is 8.39. The van der Waals surface area contributed by atoms with Crippen LogP contribution in [0.15, 0.2) is 85.1 Å². The zero-order valence-electron chi connectivity index (χ0n) is 43.4. The molecule has 12 atom stereocenters. The van der Waals surface area contributed by atoms with E-state index in [1.54, 1.807) is 6.08 Å². The van der Waals surface area contributed by atoms with Gasteiger partial charge in [0.25, 0.3) is 0 Å². The molecular weight excluding hydrogens is 907 g/mol. The number of rotatable bonds is 41. The first-order valence-electron chi connectivity index (χ1n) is 27.3. The maximum Gasteiger partial charge on any atom is 0.220 e. The van der Waals surface area contributed by atoms with Crippen molar-refractivity contribution in [1.82, 2.24) is 5.32 Å². The zero-order chi connectivity index (χ0) is 51.7. The molecule has 14 nitrogen and oxygen atoms in total. The van der Waals surface area contributed by atoms with Crippen LogP contribution in [0.5, 0.6) is 0 Å². The van der Waals surface area contributed by atoms with Gasteiger partial charge in [-0.05, 0) is 77.0 Å². The molecule has 14 heteroatoms. The van der Waals surface area contributed by atoms with Crippen molar-refractivity contribution in [2.45, 2.75) is 248 Å². The minimum Gasteiger partial charge on any atom is -0.394 e. The van der Waals surface area contributed by atoms with Crippen molar-refractivity contribution in [3.05, 3.63) is 85.1 Å². The van der Waals surface area contributed by atoms with Gasteiger partial charge < -0.3 is 65.1 Å². The van der Waals surface area contributed by atoms with Crippen molar-refractivity contribution < 1.29 is 64.6 Å². The summed E-state index contributed by atoms with van der Waals surface area (Å²) in [7, 11) is 0. The summed E-state index contributed by atoms with van der Waals surface area (Å²) in [5.74, 6) is -0.284. The van der Waals surface area contributed by atoms with Crippen LogP contribution in [0, 0.1) is 0 Å². The molecule has 71 heavy (non-hydrogen) atoms. The van der Waals surface area contributed by atoms with Gasteiger partial charge in [-0.1, -0.05) is 176 Å². The van der Waals surface area contributed by atoms with Gasteiger partial charge in [0.1, 0.15) is 48.8 Å². The number of aliphatic hydroxyl groups is 8. The number of aliphatic hydroxyl groups excluding tert-OH is 8. The number of unbranched alkanes of at least 4 members (excludes halogenated alkanes) is 16. The second-order valence-electron chi connectivity index (χ2n) is 19.0. The second-order valence-corrected chi connectivity index (χ2v) is 19.0. The van der Waals surface area contributed by atoms with E-state index in [0.717, 1.165) is 64.2 Å². The molecule has 0 radical (unpaired) electrons. The molecule has 2 rings (SSSR count). The van der Waals surface area contributed by atoms with Crippen LogP contribution >= 0.6 is 0 Å².